The Bertz CT molecular complexity index is 872. The Kier molecular flexibility index (Phi) is 6.09. The first-order valence-corrected chi connectivity index (χ1v) is 9.29. The Morgan fingerprint density at radius 2 is 1.75 bits per heavy atom. The summed E-state index contributed by atoms with van der Waals surface area (Å²) < 4.78 is 13.1. The Morgan fingerprint density at radius 3 is 2.39 bits per heavy atom. The molecule has 3 N–H and O–H groups in total. The predicted molar refractivity (Wildman–Crippen MR) is 106 cm³/mol. The zero-order chi connectivity index (χ0) is 20.1. The first-order chi connectivity index (χ1) is 13.5. The van der Waals surface area contributed by atoms with Gasteiger partial charge in [0.15, 0.2) is 0 Å². The van der Waals surface area contributed by atoms with Crippen molar-refractivity contribution in [3.8, 4) is 5.75 Å². The molecule has 2 amide bonds. The summed E-state index contributed by atoms with van der Waals surface area (Å²) in [6.07, 6.45) is 4.61. The molecule has 0 atom stereocenters. The number of carbonyl (C=O) groups is 2. The van der Waals surface area contributed by atoms with Crippen molar-refractivity contribution >= 4 is 17.5 Å². The van der Waals surface area contributed by atoms with E-state index < -0.39 is 5.91 Å². The van der Waals surface area contributed by atoms with Gasteiger partial charge in [0.2, 0.25) is 5.91 Å². The standard InChI is InChI=1S/C22H23FN2O3/c1-2-21(27)25-19-13-16(7-12-20(19)26)22(28)24-18-10-5-15(6-11-18)14-3-8-17(23)9-4-14/h2-4,7-9,12-13,15,18,26H,1,5-6,10-11H2,(H,24,28)(H,25,27). The second-order valence-electron chi connectivity index (χ2n) is 7.00. The van der Waals surface area contributed by atoms with Crippen LogP contribution in [0.4, 0.5) is 10.1 Å². The third kappa shape index (κ3) is 4.76. The highest BCUT2D eigenvalue weighted by Gasteiger charge is 2.24. The summed E-state index contributed by atoms with van der Waals surface area (Å²) >= 11 is 0. The van der Waals surface area contributed by atoms with E-state index >= 15 is 0 Å². The molecule has 0 aromatic heterocycles. The molecule has 0 spiro atoms. The largest absolute Gasteiger partial charge is 0.506 e. The Morgan fingerprint density at radius 1 is 1.07 bits per heavy atom. The minimum absolute atomic E-state index is 0.0595. The number of nitrogens with one attached hydrogen (secondary N) is 2. The van der Waals surface area contributed by atoms with E-state index in [9.17, 15) is 19.1 Å². The first-order valence-electron chi connectivity index (χ1n) is 9.29. The van der Waals surface area contributed by atoms with Gasteiger partial charge in [-0.1, -0.05) is 18.7 Å². The van der Waals surface area contributed by atoms with E-state index in [0.29, 0.717) is 11.5 Å². The molecule has 0 unspecified atom stereocenters. The highest BCUT2D eigenvalue weighted by atomic mass is 19.1. The molecule has 3 rings (SSSR count). The van der Waals surface area contributed by atoms with E-state index in [1.807, 2.05) is 12.1 Å². The lowest BCUT2D eigenvalue weighted by Gasteiger charge is -2.29. The van der Waals surface area contributed by atoms with Crippen LogP contribution in [-0.2, 0) is 4.79 Å². The van der Waals surface area contributed by atoms with Crippen molar-refractivity contribution < 1.29 is 19.1 Å². The van der Waals surface area contributed by atoms with Gasteiger partial charge in [0.05, 0.1) is 5.69 Å². The maximum absolute atomic E-state index is 13.1. The van der Waals surface area contributed by atoms with Crippen molar-refractivity contribution in [1.82, 2.24) is 5.32 Å². The second kappa shape index (κ2) is 8.69. The number of halogens is 1. The van der Waals surface area contributed by atoms with Crippen LogP contribution in [0.5, 0.6) is 5.75 Å². The number of phenols is 1. The van der Waals surface area contributed by atoms with Gasteiger partial charge in [0, 0.05) is 11.6 Å². The number of rotatable bonds is 5. The van der Waals surface area contributed by atoms with Gasteiger partial charge >= 0.3 is 0 Å². The minimum Gasteiger partial charge on any atom is -0.506 e. The van der Waals surface area contributed by atoms with Gasteiger partial charge in [0.25, 0.3) is 5.91 Å². The molecule has 2 aromatic carbocycles. The van der Waals surface area contributed by atoms with Crippen LogP contribution in [0.15, 0.2) is 55.1 Å². The van der Waals surface area contributed by atoms with Crippen LogP contribution < -0.4 is 10.6 Å². The molecule has 0 saturated heterocycles. The van der Waals surface area contributed by atoms with Crippen LogP contribution in [0, 0.1) is 5.82 Å². The molecule has 0 heterocycles. The van der Waals surface area contributed by atoms with E-state index in [2.05, 4.69) is 17.2 Å². The van der Waals surface area contributed by atoms with Crippen molar-refractivity contribution in [3.63, 3.8) is 0 Å². The van der Waals surface area contributed by atoms with Crippen molar-refractivity contribution in [3.05, 3.63) is 72.1 Å². The fourth-order valence-electron chi connectivity index (χ4n) is 3.54. The van der Waals surface area contributed by atoms with Crippen LogP contribution >= 0.6 is 0 Å². The van der Waals surface area contributed by atoms with Gasteiger partial charge in [0.1, 0.15) is 11.6 Å². The molecule has 1 fully saturated rings. The lowest BCUT2D eigenvalue weighted by Crippen LogP contribution is -2.37. The summed E-state index contributed by atoms with van der Waals surface area (Å²) in [7, 11) is 0. The van der Waals surface area contributed by atoms with Crippen LogP contribution in [0.2, 0.25) is 0 Å². The van der Waals surface area contributed by atoms with E-state index in [0.717, 1.165) is 37.3 Å². The number of amides is 2. The highest BCUT2D eigenvalue weighted by molar-refractivity contribution is 6.02. The van der Waals surface area contributed by atoms with Gasteiger partial charge < -0.3 is 15.7 Å². The fourth-order valence-corrected chi connectivity index (χ4v) is 3.54. The van der Waals surface area contributed by atoms with Crippen molar-refractivity contribution in [2.75, 3.05) is 5.32 Å². The maximum Gasteiger partial charge on any atom is 0.251 e. The number of benzene rings is 2. The SMILES string of the molecule is C=CC(=O)Nc1cc(C(=O)NC2CCC(c3ccc(F)cc3)CC2)ccc1O. The molecule has 1 aliphatic carbocycles. The third-order valence-corrected chi connectivity index (χ3v) is 5.11. The molecular weight excluding hydrogens is 359 g/mol. The minimum atomic E-state index is -0.466. The van der Waals surface area contributed by atoms with E-state index in [-0.39, 0.29) is 29.2 Å². The van der Waals surface area contributed by atoms with Crippen molar-refractivity contribution in [2.24, 2.45) is 0 Å². The molecule has 0 aliphatic heterocycles. The molecule has 28 heavy (non-hydrogen) atoms. The van der Waals surface area contributed by atoms with Gasteiger partial charge in [-0.25, -0.2) is 4.39 Å². The summed E-state index contributed by atoms with van der Waals surface area (Å²) in [5, 5.41) is 15.3. The monoisotopic (exact) mass is 382 g/mol. The van der Waals surface area contributed by atoms with E-state index in [4.69, 9.17) is 0 Å². The molecule has 1 aliphatic rings. The van der Waals surface area contributed by atoms with Crippen molar-refractivity contribution in [2.45, 2.75) is 37.6 Å². The molecule has 1 saturated carbocycles. The first kappa shape index (κ1) is 19.6. The van der Waals surface area contributed by atoms with Crippen molar-refractivity contribution in [1.29, 1.82) is 0 Å². The van der Waals surface area contributed by atoms with Gasteiger partial charge in [-0.05, 0) is 73.6 Å². The Labute approximate surface area is 163 Å². The highest BCUT2D eigenvalue weighted by Crippen LogP contribution is 2.33. The molecule has 0 bridgehead atoms. The number of aromatic hydroxyl groups is 1. The molecule has 5 nitrogen and oxygen atoms in total. The summed E-state index contributed by atoms with van der Waals surface area (Å²) in [5.74, 6) is -0.691. The second-order valence-corrected chi connectivity index (χ2v) is 7.00. The zero-order valence-corrected chi connectivity index (χ0v) is 15.5. The summed E-state index contributed by atoms with van der Waals surface area (Å²) in [6, 6.07) is 11.0. The van der Waals surface area contributed by atoms with E-state index in [1.54, 1.807) is 0 Å². The average molecular weight is 382 g/mol. The van der Waals surface area contributed by atoms with Crippen LogP contribution in [0.25, 0.3) is 0 Å². The third-order valence-electron chi connectivity index (χ3n) is 5.11. The molecule has 6 heteroatoms. The van der Waals surface area contributed by atoms with Gasteiger partial charge in [-0.15, -0.1) is 0 Å². The topological polar surface area (TPSA) is 78.4 Å². The summed E-state index contributed by atoms with van der Waals surface area (Å²) in [4.78, 5) is 24.0. The Hall–Kier alpha value is -3.15. The Balaban J connectivity index is 1.58. The molecular formula is C22H23FN2O3. The lowest BCUT2D eigenvalue weighted by atomic mass is 9.81. The number of anilines is 1. The molecule has 146 valence electrons. The van der Waals surface area contributed by atoms with Crippen LogP contribution in [0.1, 0.15) is 47.5 Å². The maximum atomic E-state index is 13.1. The number of hydrogen-bond acceptors (Lipinski definition) is 3. The average Bonchev–Trinajstić information content (AvgIpc) is 2.70. The zero-order valence-electron chi connectivity index (χ0n) is 15.5. The van der Waals surface area contributed by atoms with Gasteiger partial charge in [-0.2, -0.15) is 0 Å². The normalized spacial score (nSPS) is 18.9. The number of hydrogen-bond donors (Lipinski definition) is 3. The quantitative estimate of drug-likeness (QED) is 0.538. The van der Waals surface area contributed by atoms with Crippen LogP contribution in [0.3, 0.4) is 0 Å². The smallest absolute Gasteiger partial charge is 0.251 e. The number of phenolic OH excluding ortho intramolecular Hbond substituents is 1. The lowest BCUT2D eigenvalue weighted by molar-refractivity contribution is -0.111. The van der Waals surface area contributed by atoms with Crippen LogP contribution in [-0.4, -0.2) is 23.0 Å². The molecule has 0 radical (unpaired) electrons. The van der Waals surface area contributed by atoms with Gasteiger partial charge in [-0.3, -0.25) is 9.59 Å². The van der Waals surface area contributed by atoms with E-state index in [1.165, 1.54) is 30.3 Å². The molecule has 2 aromatic rings. The predicted octanol–water partition coefficient (Wildman–Crippen LogP) is 4.11. The summed E-state index contributed by atoms with van der Waals surface area (Å²) in [5.41, 5.74) is 1.66. The number of carbonyl (C=O) groups excluding carboxylic acids is 2. The fraction of sp³-hybridized carbons (Fsp3) is 0.273. The summed E-state index contributed by atoms with van der Waals surface area (Å²) in [6.45, 7) is 3.36.